The van der Waals surface area contributed by atoms with Crippen molar-refractivity contribution in [2.75, 3.05) is 20.1 Å². The summed E-state index contributed by atoms with van der Waals surface area (Å²) in [7, 11) is 1.69. The zero-order chi connectivity index (χ0) is 13.5. The van der Waals surface area contributed by atoms with Gasteiger partial charge in [-0.15, -0.1) is 6.58 Å². The van der Waals surface area contributed by atoms with E-state index in [1.807, 2.05) is 0 Å². The van der Waals surface area contributed by atoms with E-state index >= 15 is 0 Å². The Balaban J connectivity index is 2.51. The third-order valence-corrected chi connectivity index (χ3v) is 2.31. The summed E-state index contributed by atoms with van der Waals surface area (Å²) in [6.07, 6.45) is 1.58. The molecule has 1 N–H and O–H groups in total. The minimum Gasteiger partial charge on any atom is -0.352 e. The Kier molecular flexibility index (Phi) is 5.45. The van der Waals surface area contributed by atoms with Gasteiger partial charge in [-0.2, -0.15) is 0 Å². The lowest BCUT2D eigenvalue weighted by Crippen LogP contribution is -2.35. The van der Waals surface area contributed by atoms with Crippen LogP contribution in [0.4, 0.5) is 8.78 Å². The molecule has 0 aromatic heterocycles. The molecule has 0 bridgehead atoms. The Hall–Kier alpha value is -1.75. The van der Waals surface area contributed by atoms with Crippen molar-refractivity contribution in [3.63, 3.8) is 0 Å². The highest BCUT2D eigenvalue weighted by atomic mass is 19.1. The Morgan fingerprint density at radius 1 is 1.50 bits per heavy atom. The number of rotatable bonds is 6. The van der Waals surface area contributed by atoms with Gasteiger partial charge in [0.1, 0.15) is 11.6 Å². The molecule has 0 fully saturated rings. The third-order valence-electron chi connectivity index (χ3n) is 2.31. The molecule has 0 aliphatic carbocycles. The number of nitrogens with zero attached hydrogens (tertiary/aromatic N) is 1. The fraction of sp³-hybridized carbons (Fsp3) is 0.308. The molecule has 1 rings (SSSR count). The topological polar surface area (TPSA) is 32.3 Å². The standard InChI is InChI=1S/C13H16F2N2O/c1-3-6-16-13(18)9-17(2)8-10-4-5-11(14)7-12(10)15/h3-5,7H,1,6,8-9H2,2H3,(H,16,18). The zero-order valence-corrected chi connectivity index (χ0v) is 10.2. The van der Waals surface area contributed by atoms with E-state index in [4.69, 9.17) is 0 Å². The minimum atomic E-state index is -0.609. The van der Waals surface area contributed by atoms with Gasteiger partial charge in [-0.05, 0) is 13.1 Å². The van der Waals surface area contributed by atoms with Gasteiger partial charge < -0.3 is 5.32 Å². The average Bonchev–Trinajstić information content (AvgIpc) is 2.30. The van der Waals surface area contributed by atoms with Crippen LogP contribution in [0, 0.1) is 11.6 Å². The lowest BCUT2D eigenvalue weighted by molar-refractivity contribution is -0.121. The van der Waals surface area contributed by atoms with Crippen molar-refractivity contribution in [3.05, 3.63) is 48.1 Å². The number of carbonyl (C=O) groups is 1. The van der Waals surface area contributed by atoms with Gasteiger partial charge in [-0.1, -0.05) is 12.1 Å². The molecule has 1 aromatic rings. The predicted octanol–water partition coefficient (Wildman–Crippen LogP) is 1.70. The number of carbonyl (C=O) groups excluding carboxylic acids is 1. The van der Waals surface area contributed by atoms with Crippen LogP contribution in [0.15, 0.2) is 30.9 Å². The van der Waals surface area contributed by atoms with Gasteiger partial charge in [-0.25, -0.2) is 8.78 Å². The van der Waals surface area contributed by atoms with E-state index in [1.54, 1.807) is 18.0 Å². The number of hydrogen-bond acceptors (Lipinski definition) is 2. The van der Waals surface area contributed by atoms with Crippen molar-refractivity contribution in [2.45, 2.75) is 6.54 Å². The van der Waals surface area contributed by atoms with Crippen LogP contribution in [0.2, 0.25) is 0 Å². The first-order valence-corrected chi connectivity index (χ1v) is 5.53. The van der Waals surface area contributed by atoms with Crippen molar-refractivity contribution >= 4 is 5.91 Å². The Morgan fingerprint density at radius 2 is 2.22 bits per heavy atom. The highest BCUT2D eigenvalue weighted by Gasteiger charge is 2.09. The quantitative estimate of drug-likeness (QED) is 0.784. The second kappa shape index (κ2) is 6.86. The van der Waals surface area contributed by atoms with E-state index in [1.165, 1.54) is 12.1 Å². The lowest BCUT2D eigenvalue weighted by atomic mass is 10.2. The molecule has 1 amide bonds. The maximum atomic E-state index is 13.4. The van der Waals surface area contributed by atoms with Crippen molar-refractivity contribution in [1.82, 2.24) is 10.2 Å². The van der Waals surface area contributed by atoms with Crippen molar-refractivity contribution in [3.8, 4) is 0 Å². The summed E-state index contributed by atoms with van der Waals surface area (Å²) in [6, 6.07) is 3.41. The number of amides is 1. The Labute approximate surface area is 105 Å². The first kappa shape index (κ1) is 14.3. The minimum absolute atomic E-state index is 0.144. The monoisotopic (exact) mass is 254 g/mol. The largest absolute Gasteiger partial charge is 0.352 e. The molecular formula is C13H16F2N2O. The highest BCUT2D eigenvalue weighted by Crippen LogP contribution is 2.11. The molecule has 0 saturated carbocycles. The van der Waals surface area contributed by atoms with Gasteiger partial charge in [0.15, 0.2) is 0 Å². The van der Waals surface area contributed by atoms with Crippen LogP contribution >= 0.6 is 0 Å². The fourth-order valence-corrected chi connectivity index (χ4v) is 1.48. The van der Waals surface area contributed by atoms with E-state index in [0.717, 1.165) is 6.07 Å². The number of likely N-dealkylation sites (N-methyl/N-ethyl adjacent to an activating group) is 1. The van der Waals surface area contributed by atoms with Gasteiger partial charge in [-0.3, -0.25) is 9.69 Å². The smallest absolute Gasteiger partial charge is 0.234 e. The van der Waals surface area contributed by atoms with Crippen molar-refractivity contribution < 1.29 is 13.6 Å². The third kappa shape index (κ3) is 4.63. The SMILES string of the molecule is C=CCNC(=O)CN(C)Cc1ccc(F)cc1F. The van der Waals surface area contributed by atoms with E-state index in [-0.39, 0.29) is 19.0 Å². The summed E-state index contributed by atoms with van der Waals surface area (Å²) < 4.78 is 26.1. The molecule has 98 valence electrons. The Bertz CT molecular complexity index is 435. The highest BCUT2D eigenvalue weighted by molar-refractivity contribution is 5.78. The summed E-state index contributed by atoms with van der Waals surface area (Å²) in [6.45, 7) is 4.27. The summed E-state index contributed by atoms with van der Waals surface area (Å²) in [5, 5.41) is 2.62. The molecule has 1 aromatic carbocycles. The molecule has 0 atom stereocenters. The lowest BCUT2D eigenvalue weighted by Gasteiger charge is -2.16. The fourth-order valence-electron chi connectivity index (χ4n) is 1.48. The van der Waals surface area contributed by atoms with Gasteiger partial charge in [0.25, 0.3) is 0 Å². The van der Waals surface area contributed by atoms with Crippen molar-refractivity contribution in [1.29, 1.82) is 0 Å². The molecule has 18 heavy (non-hydrogen) atoms. The molecule has 0 aliphatic heterocycles. The van der Waals surface area contributed by atoms with E-state index < -0.39 is 11.6 Å². The van der Waals surface area contributed by atoms with Crippen LogP contribution in [-0.2, 0) is 11.3 Å². The molecule has 3 nitrogen and oxygen atoms in total. The Morgan fingerprint density at radius 3 is 2.83 bits per heavy atom. The molecular weight excluding hydrogens is 238 g/mol. The van der Waals surface area contributed by atoms with Crippen molar-refractivity contribution in [2.24, 2.45) is 0 Å². The van der Waals surface area contributed by atoms with Crippen LogP contribution < -0.4 is 5.32 Å². The summed E-state index contributed by atoms with van der Waals surface area (Å²) >= 11 is 0. The van der Waals surface area contributed by atoms with Gasteiger partial charge in [0.2, 0.25) is 5.91 Å². The normalized spacial score (nSPS) is 10.4. The summed E-state index contributed by atoms with van der Waals surface area (Å²) in [5.74, 6) is -1.38. The van der Waals surface area contributed by atoms with Crippen LogP contribution in [0.25, 0.3) is 0 Å². The number of nitrogens with one attached hydrogen (secondary N) is 1. The first-order chi connectivity index (χ1) is 8.52. The summed E-state index contributed by atoms with van der Waals surface area (Å²) in [4.78, 5) is 13.0. The zero-order valence-electron chi connectivity index (χ0n) is 10.2. The summed E-state index contributed by atoms with van der Waals surface area (Å²) in [5.41, 5.74) is 0.357. The number of benzene rings is 1. The first-order valence-electron chi connectivity index (χ1n) is 5.53. The molecule has 0 unspecified atom stereocenters. The molecule has 0 spiro atoms. The molecule has 5 heteroatoms. The van der Waals surface area contributed by atoms with E-state index in [9.17, 15) is 13.6 Å². The van der Waals surface area contributed by atoms with Crippen LogP contribution in [0.3, 0.4) is 0 Å². The van der Waals surface area contributed by atoms with Crippen LogP contribution in [0.1, 0.15) is 5.56 Å². The van der Waals surface area contributed by atoms with E-state index in [0.29, 0.717) is 12.1 Å². The number of halogens is 2. The number of hydrogen-bond donors (Lipinski definition) is 1. The van der Waals surface area contributed by atoms with Gasteiger partial charge in [0, 0.05) is 24.7 Å². The molecule has 0 heterocycles. The van der Waals surface area contributed by atoms with E-state index in [2.05, 4.69) is 11.9 Å². The maximum absolute atomic E-state index is 13.4. The van der Waals surface area contributed by atoms with Gasteiger partial charge in [0.05, 0.1) is 6.54 Å². The molecule has 0 radical (unpaired) electrons. The predicted molar refractivity (Wildman–Crippen MR) is 65.9 cm³/mol. The van der Waals surface area contributed by atoms with Crippen LogP contribution in [0.5, 0.6) is 0 Å². The second-order valence-corrected chi connectivity index (χ2v) is 4.00. The average molecular weight is 254 g/mol. The molecule has 0 saturated heterocycles. The maximum Gasteiger partial charge on any atom is 0.234 e. The van der Waals surface area contributed by atoms with Crippen LogP contribution in [-0.4, -0.2) is 30.9 Å². The van der Waals surface area contributed by atoms with Gasteiger partial charge >= 0.3 is 0 Å². The molecule has 0 aliphatic rings. The second-order valence-electron chi connectivity index (χ2n) is 4.00.